The first-order valence-corrected chi connectivity index (χ1v) is 8.27. The third-order valence-electron chi connectivity index (χ3n) is 4.44. The lowest BCUT2D eigenvalue weighted by molar-refractivity contribution is -0.132. The van der Waals surface area contributed by atoms with Gasteiger partial charge in [0.1, 0.15) is 0 Å². The molecule has 0 bridgehead atoms. The summed E-state index contributed by atoms with van der Waals surface area (Å²) in [5.41, 5.74) is 0.330. The van der Waals surface area contributed by atoms with Crippen LogP contribution in [0.1, 0.15) is 37.0 Å². The van der Waals surface area contributed by atoms with Crippen molar-refractivity contribution >= 4 is 11.6 Å². The van der Waals surface area contributed by atoms with Crippen molar-refractivity contribution in [1.82, 2.24) is 29.2 Å². The highest BCUT2D eigenvalue weighted by atomic mass is 16.5. The molecule has 25 heavy (non-hydrogen) atoms. The van der Waals surface area contributed by atoms with Crippen LogP contribution < -0.4 is 5.69 Å². The normalized spacial score (nSPS) is 17.5. The van der Waals surface area contributed by atoms with E-state index >= 15 is 0 Å². The number of carbonyl (C=O) groups is 1. The first kappa shape index (κ1) is 15.6. The molecule has 4 heterocycles. The van der Waals surface area contributed by atoms with Crippen molar-refractivity contribution in [2.24, 2.45) is 0 Å². The van der Waals surface area contributed by atoms with Gasteiger partial charge in [-0.05, 0) is 25.0 Å². The third-order valence-corrected chi connectivity index (χ3v) is 4.44. The van der Waals surface area contributed by atoms with Gasteiger partial charge in [-0.25, -0.2) is 9.48 Å². The summed E-state index contributed by atoms with van der Waals surface area (Å²) in [6.45, 7) is 2.64. The van der Waals surface area contributed by atoms with E-state index in [0.717, 1.165) is 12.8 Å². The average molecular weight is 342 g/mol. The summed E-state index contributed by atoms with van der Waals surface area (Å²) in [5, 5.41) is 8.19. The molecule has 0 saturated carbocycles. The fourth-order valence-corrected chi connectivity index (χ4v) is 3.24. The highest BCUT2D eigenvalue weighted by Gasteiger charge is 2.32. The number of carbonyl (C=O) groups excluding carboxylic acids is 1. The second kappa shape index (κ2) is 6.15. The maximum Gasteiger partial charge on any atom is 0.350 e. The molecule has 3 aromatic rings. The van der Waals surface area contributed by atoms with Crippen LogP contribution in [0.5, 0.6) is 0 Å². The fraction of sp³-hybridized carbons (Fsp3) is 0.438. The van der Waals surface area contributed by atoms with Gasteiger partial charge in [0.15, 0.2) is 11.5 Å². The number of likely N-dealkylation sites (tertiary alicyclic amines) is 1. The van der Waals surface area contributed by atoms with Crippen molar-refractivity contribution < 1.29 is 9.32 Å². The van der Waals surface area contributed by atoms with Gasteiger partial charge in [0.2, 0.25) is 11.8 Å². The lowest BCUT2D eigenvalue weighted by Gasteiger charge is -2.22. The van der Waals surface area contributed by atoms with Crippen molar-refractivity contribution in [3.05, 3.63) is 46.6 Å². The molecule has 0 radical (unpaired) electrons. The molecule has 1 aliphatic rings. The van der Waals surface area contributed by atoms with E-state index in [1.807, 2.05) is 6.07 Å². The first-order chi connectivity index (χ1) is 12.1. The van der Waals surface area contributed by atoms with Crippen LogP contribution in [-0.2, 0) is 11.3 Å². The Morgan fingerprint density at radius 3 is 3.04 bits per heavy atom. The minimum absolute atomic E-state index is 0.0334. The van der Waals surface area contributed by atoms with Crippen LogP contribution >= 0.6 is 0 Å². The maximum atomic E-state index is 12.6. The number of amides is 1. The minimum Gasteiger partial charge on any atom is -0.340 e. The largest absolute Gasteiger partial charge is 0.350 e. The number of nitrogens with zero attached hydrogens (tertiary/aromatic N) is 6. The lowest BCUT2D eigenvalue weighted by Crippen LogP contribution is -2.33. The average Bonchev–Trinajstić information content (AvgIpc) is 3.32. The Kier molecular flexibility index (Phi) is 3.83. The van der Waals surface area contributed by atoms with E-state index in [0.29, 0.717) is 23.9 Å². The van der Waals surface area contributed by atoms with E-state index in [9.17, 15) is 9.59 Å². The molecule has 4 rings (SSSR count). The van der Waals surface area contributed by atoms with Crippen LogP contribution in [-0.4, -0.2) is 41.7 Å². The molecule has 130 valence electrons. The molecule has 1 aliphatic heterocycles. The first-order valence-electron chi connectivity index (χ1n) is 8.27. The summed E-state index contributed by atoms with van der Waals surface area (Å²) in [4.78, 5) is 30.9. The van der Waals surface area contributed by atoms with Crippen molar-refractivity contribution in [3.63, 3.8) is 0 Å². The van der Waals surface area contributed by atoms with E-state index in [1.54, 1.807) is 30.2 Å². The second-order valence-electron chi connectivity index (χ2n) is 6.10. The van der Waals surface area contributed by atoms with Crippen LogP contribution in [0.4, 0.5) is 0 Å². The molecule has 0 N–H and O–H groups in total. The van der Waals surface area contributed by atoms with Gasteiger partial charge < -0.3 is 9.42 Å². The molecule has 1 atom stereocenters. The van der Waals surface area contributed by atoms with Crippen LogP contribution in [0, 0.1) is 6.92 Å². The number of aryl methyl sites for hydroxylation is 2. The lowest BCUT2D eigenvalue weighted by atomic mass is 10.2. The van der Waals surface area contributed by atoms with Gasteiger partial charge in [0, 0.05) is 26.1 Å². The smallest absolute Gasteiger partial charge is 0.340 e. The molecule has 9 heteroatoms. The van der Waals surface area contributed by atoms with Crippen LogP contribution in [0.25, 0.3) is 5.65 Å². The molecule has 1 unspecified atom stereocenters. The summed E-state index contributed by atoms with van der Waals surface area (Å²) in [5.74, 6) is 1.01. The Bertz CT molecular complexity index is 972. The maximum absolute atomic E-state index is 12.6. The van der Waals surface area contributed by atoms with Crippen LogP contribution in [0.2, 0.25) is 0 Å². The van der Waals surface area contributed by atoms with Gasteiger partial charge in [-0.2, -0.15) is 4.98 Å². The number of hydrogen-bond acceptors (Lipinski definition) is 6. The Morgan fingerprint density at radius 1 is 1.40 bits per heavy atom. The van der Waals surface area contributed by atoms with Crippen molar-refractivity contribution in [1.29, 1.82) is 0 Å². The Labute approximate surface area is 142 Å². The van der Waals surface area contributed by atoms with Crippen LogP contribution in [0.3, 0.4) is 0 Å². The standard InChI is InChI=1S/C16H18N6O3/c1-11-17-15(19-25-11)12-5-4-9-20(12)14(23)7-10-22-16(24)21-8-3-2-6-13(21)18-22/h2-3,6,8,12H,4-5,7,9-10H2,1H3. The molecule has 9 nitrogen and oxygen atoms in total. The summed E-state index contributed by atoms with van der Waals surface area (Å²) < 4.78 is 7.82. The van der Waals surface area contributed by atoms with E-state index < -0.39 is 0 Å². The summed E-state index contributed by atoms with van der Waals surface area (Å²) in [7, 11) is 0. The predicted molar refractivity (Wildman–Crippen MR) is 86.8 cm³/mol. The quantitative estimate of drug-likeness (QED) is 0.700. The highest BCUT2D eigenvalue weighted by Crippen LogP contribution is 2.30. The highest BCUT2D eigenvalue weighted by molar-refractivity contribution is 5.76. The summed E-state index contributed by atoms with van der Waals surface area (Å²) in [6.07, 6.45) is 3.59. The molecule has 1 saturated heterocycles. The molecule has 1 amide bonds. The Hall–Kier alpha value is -2.97. The minimum atomic E-state index is -0.241. The summed E-state index contributed by atoms with van der Waals surface area (Å²) >= 11 is 0. The van der Waals surface area contributed by atoms with Gasteiger partial charge >= 0.3 is 5.69 Å². The number of fused-ring (bicyclic) bond motifs is 1. The summed E-state index contributed by atoms with van der Waals surface area (Å²) in [6, 6.07) is 5.20. The Balaban J connectivity index is 1.48. The number of aromatic nitrogens is 5. The molecular formula is C16H18N6O3. The molecule has 1 fully saturated rings. The topological polar surface area (TPSA) is 98.5 Å². The van der Waals surface area contributed by atoms with Crippen molar-refractivity contribution in [2.75, 3.05) is 6.54 Å². The van der Waals surface area contributed by atoms with Gasteiger partial charge in [0.05, 0.1) is 12.6 Å². The zero-order valence-electron chi connectivity index (χ0n) is 13.8. The molecule has 3 aromatic heterocycles. The van der Waals surface area contributed by atoms with Gasteiger partial charge in [-0.3, -0.25) is 9.20 Å². The molecule has 0 aromatic carbocycles. The fourth-order valence-electron chi connectivity index (χ4n) is 3.24. The van der Waals surface area contributed by atoms with E-state index in [2.05, 4.69) is 15.2 Å². The van der Waals surface area contributed by atoms with Crippen molar-refractivity contribution in [2.45, 2.75) is 38.8 Å². The Morgan fingerprint density at radius 2 is 2.28 bits per heavy atom. The number of rotatable bonds is 4. The van der Waals surface area contributed by atoms with Gasteiger partial charge in [-0.15, -0.1) is 5.10 Å². The van der Waals surface area contributed by atoms with Gasteiger partial charge in [0.25, 0.3) is 0 Å². The third kappa shape index (κ3) is 2.81. The molecular weight excluding hydrogens is 324 g/mol. The predicted octanol–water partition coefficient (Wildman–Crippen LogP) is 0.941. The van der Waals surface area contributed by atoms with Crippen molar-refractivity contribution in [3.8, 4) is 0 Å². The SMILES string of the molecule is Cc1nc(C2CCCN2C(=O)CCn2nc3ccccn3c2=O)no1. The zero-order chi connectivity index (χ0) is 17.4. The number of hydrogen-bond donors (Lipinski definition) is 0. The second-order valence-corrected chi connectivity index (χ2v) is 6.10. The zero-order valence-corrected chi connectivity index (χ0v) is 13.8. The monoisotopic (exact) mass is 342 g/mol. The van der Waals surface area contributed by atoms with E-state index in [4.69, 9.17) is 4.52 Å². The van der Waals surface area contributed by atoms with E-state index in [-0.39, 0.29) is 30.6 Å². The molecule has 0 aliphatic carbocycles. The van der Waals surface area contributed by atoms with Crippen LogP contribution in [0.15, 0.2) is 33.7 Å². The van der Waals surface area contributed by atoms with Gasteiger partial charge in [-0.1, -0.05) is 11.2 Å². The van der Waals surface area contributed by atoms with E-state index in [1.165, 1.54) is 9.08 Å². The molecule has 0 spiro atoms. The number of pyridine rings is 1.